The van der Waals surface area contributed by atoms with Crippen LogP contribution in [0.4, 0.5) is 5.69 Å². The van der Waals surface area contributed by atoms with Gasteiger partial charge in [0, 0.05) is 30.9 Å². The lowest BCUT2D eigenvalue weighted by Crippen LogP contribution is -2.23. The van der Waals surface area contributed by atoms with E-state index in [2.05, 4.69) is 6.07 Å². The maximum atomic E-state index is 9.75. The molecule has 2 unspecified atom stereocenters. The summed E-state index contributed by atoms with van der Waals surface area (Å²) in [6.45, 7) is 4.06. The van der Waals surface area contributed by atoms with Crippen LogP contribution in [0.15, 0.2) is 18.2 Å². The fourth-order valence-electron chi connectivity index (χ4n) is 1.68. The molecule has 0 aliphatic heterocycles. The number of phenols is 1. The molecule has 0 aromatic heterocycles. The highest BCUT2D eigenvalue weighted by molar-refractivity contribution is 5.53. The Kier molecular flexibility index (Phi) is 4.36. The molecule has 0 spiro atoms. The average molecular weight is 234 g/mol. The summed E-state index contributed by atoms with van der Waals surface area (Å²) in [6, 6.07) is 7.29. The zero-order valence-corrected chi connectivity index (χ0v) is 10.4. The van der Waals surface area contributed by atoms with E-state index in [1.807, 2.05) is 24.9 Å². The number of benzene rings is 1. The maximum Gasteiger partial charge on any atom is 0.123 e. The van der Waals surface area contributed by atoms with Gasteiger partial charge in [-0.1, -0.05) is 6.07 Å². The third-order valence-corrected chi connectivity index (χ3v) is 2.67. The van der Waals surface area contributed by atoms with Crippen LogP contribution in [0.3, 0.4) is 0 Å². The minimum atomic E-state index is -0.688. The third kappa shape index (κ3) is 3.36. The Bertz CT molecular complexity index is 424. The number of phenolic OH excluding ortho intramolecular Hbond substituents is 1. The molecule has 0 heterocycles. The van der Waals surface area contributed by atoms with E-state index < -0.39 is 6.10 Å². The fourth-order valence-corrected chi connectivity index (χ4v) is 1.68. The van der Waals surface area contributed by atoms with Crippen molar-refractivity contribution in [3.8, 4) is 11.8 Å². The van der Waals surface area contributed by atoms with E-state index in [0.29, 0.717) is 12.1 Å². The SMILES string of the molecule is CC(C#N)CN(C)c1ccc(C(C)O)c(O)c1. The Morgan fingerprint density at radius 2 is 2.06 bits per heavy atom. The molecule has 1 rings (SSSR count). The largest absolute Gasteiger partial charge is 0.507 e. The van der Waals surface area contributed by atoms with Crippen molar-refractivity contribution in [1.82, 2.24) is 0 Å². The number of nitriles is 1. The van der Waals surface area contributed by atoms with Crippen molar-refractivity contribution in [1.29, 1.82) is 5.26 Å². The standard InChI is InChI=1S/C13H18N2O2/c1-9(7-14)8-15(3)11-4-5-12(10(2)16)13(17)6-11/h4-6,9-10,16-17H,8H2,1-3H3. The Balaban J connectivity index is 2.87. The molecule has 0 saturated heterocycles. The molecule has 4 nitrogen and oxygen atoms in total. The van der Waals surface area contributed by atoms with E-state index in [0.717, 1.165) is 5.69 Å². The Morgan fingerprint density at radius 1 is 1.41 bits per heavy atom. The highest BCUT2D eigenvalue weighted by Gasteiger charge is 2.11. The molecular weight excluding hydrogens is 216 g/mol. The van der Waals surface area contributed by atoms with Gasteiger partial charge >= 0.3 is 0 Å². The molecule has 1 aromatic carbocycles. The Hall–Kier alpha value is -1.73. The van der Waals surface area contributed by atoms with Gasteiger partial charge in [0.2, 0.25) is 0 Å². The van der Waals surface area contributed by atoms with Gasteiger partial charge in [-0.2, -0.15) is 5.26 Å². The van der Waals surface area contributed by atoms with Gasteiger partial charge in [0.05, 0.1) is 18.1 Å². The van der Waals surface area contributed by atoms with Gasteiger partial charge in [-0.3, -0.25) is 0 Å². The van der Waals surface area contributed by atoms with Gasteiger partial charge in [0.15, 0.2) is 0 Å². The van der Waals surface area contributed by atoms with Crippen molar-refractivity contribution in [2.24, 2.45) is 5.92 Å². The van der Waals surface area contributed by atoms with E-state index in [4.69, 9.17) is 5.26 Å². The second kappa shape index (κ2) is 5.55. The monoisotopic (exact) mass is 234 g/mol. The summed E-state index contributed by atoms with van der Waals surface area (Å²) in [7, 11) is 1.87. The molecule has 0 aliphatic rings. The number of nitrogens with zero attached hydrogens (tertiary/aromatic N) is 2. The number of aliphatic hydroxyl groups is 1. The van der Waals surface area contributed by atoms with Crippen molar-refractivity contribution >= 4 is 5.69 Å². The molecule has 2 N–H and O–H groups in total. The number of hydrogen-bond acceptors (Lipinski definition) is 4. The Morgan fingerprint density at radius 3 is 2.53 bits per heavy atom. The summed E-state index contributed by atoms with van der Waals surface area (Å²) in [5.41, 5.74) is 1.34. The molecular formula is C13H18N2O2. The van der Waals surface area contributed by atoms with Crippen molar-refractivity contribution in [2.75, 3.05) is 18.5 Å². The van der Waals surface area contributed by atoms with E-state index in [1.54, 1.807) is 19.1 Å². The van der Waals surface area contributed by atoms with E-state index in [-0.39, 0.29) is 11.7 Å². The summed E-state index contributed by atoms with van der Waals surface area (Å²) in [5, 5.41) is 27.9. The van der Waals surface area contributed by atoms with Crippen LogP contribution in [-0.4, -0.2) is 23.8 Å². The molecule has 0 fully saturated rings. The predicted molar refractivity (Wildman–Crippen MR) is 66.8 cm³/mol. The van der Waals surface area contributed by atoms with E-state index in [1.165, 1.54) is 0 Å². The molecule has 0 saturated carbocycles. The number of aromatic hydroxyl groups is 1. The highest BCUT2D eigenvalue weighted by atomic mass is 16.3. The first-order valence-electron chi connectivity index (χ1n) is 5.57. The van der Waals surface area contributed by atoms with Crippen LogP contribution >= 0.6 is 0 Å². The smallest absolute Gasteiger partial charge is 0.123 e. The molecule has 17 heavy (non-hydrogen) atoms. The van der Waals surface area contributed by atoms with Crippen LogP contribution in [0.25, 0.3) is 0 Å². The zero-order chi connectivity index (χ0) is 13.0. The van der Waals surface area contributed by atoms with Crippen LogP contribution in [-0.2, 0) is 0 Å². The predicted octanol–water partition coefficient (Wildman–Crippen LogP) is 2.04. The Labute approximate surface area is 102 Å². The topological polar surface area (TPSA) is 67.5 Å². The molecule has 1 aromatic rings. The summed E-state index contributed by atoms with van der Waals surface area (Å²) in [5.74, 6) is 0.00699. The van der Waals surface area contributed by atoms with E-state index >= 15 is 0 Å². The summed E-state index contributed by atoms with van der Waals surface area (Å²) < 4.78 is 0. The lowest BCUT2D eigenvalue weighted by Gasteiger charge is -2.21. The van der Waals surface area contributed by atoms with Crippen molar-refractivity contribution in [3.63, 3.8) is 0 Å². The van der Waals surface area contributed by atoms with Crippen LogP contribution in [0.5, 0.6) is 5.75 Å². The first-order chi connectivity index (χ1) is 7.95. The number of hydrogen-bond donors (Lipinski definition) is 2. The minimum absolute atomic E-state index is 0.0708. The van der Waals surface area contributed by atoms with Crippen molar-refractivity contribution in [2.45, 2.75) is 20.0 Å². The van der Waals surface area contributed by atoms with Crippen LogP contribution < -0.4 is 4.90 Å². The number of aliphatic hydroxyl groups excluding tert-OH is 1. The second-order valence-corrected chi connectivity index (χ2v) is 4.33. The molecule has 92 valence electrons. The van der Waals surface area contributed by atoms with Crippen molar-refractivity contribution in [3.05, 3.63) is 23.8 Å². The molecule has 4 heteroatoms. The molecule has 0 aliphatic carbocycles. The quantitative estimate of drug-likeness (QED) is 0.836. The average Bonchev–Trinajstić information content (AvgIpc) is 2.28. The first kappa shape index (κ1) is 13.3. The van der Waals surface area contributed by atoms with Crippen LogP contribution in [0.2, 0.25) is 0 Å². The van der Waals surface area contributed by atoms with Gasteiger partial charge in [-0.25, -0.2) is 0 Å². The zero-order valence-electron chi connectivity index (χ0n) is 10.4. The molecule has 0 radical (unpaired) electrons. The van der Waals surface area contributed by atoms with E-state index in [9.17, 15) is 10.2 Å². The highest BCUT2D eigenvalue weighted by Crippen LogP contribution is 2.28. The lowest BCUT2D eigenvalue weighted by atomic mass is 10.1. The van der Waals surface area contributed by atoms with Gasteiger partial charge < -0.3 is 15.1 Å². The lowest BCUT2D eigenvalue weighted by molar-refractivity contribution is 0.195. The second-order valence-electron chi connectivity index (χ2n) is 4.33. The normalized spacial score (nSPS) is 13.8. The summed E-state index contributed by atoms with van der Waals surface area (Å²) in [4.78, 5) is 1.90. The fraction of sp³-hybridized carbons (Fsp3) is 0.462. The summed E-state index contributed by atoms with van der Waals surface area (Å²) in [6.07, 6.45) is -0.688. The maximum absolute atomic E-state index is 9.75. The summed E-state index contributed by atoms with van der Waals surface area (Å²) >= 11 is 0. The first-order valence-corrected chi connectivity index (χ1v) is 5.57. The number of anilines is 1. The van der Waals surface area contributed by atoms with Gasteiger partial charge in [0.25, 0.3) is 0 Å². The molecule has 0 amide bonds. The minimum Gasteiger partial charge on any atom is -0.507 e. The van der Waals surface area contributed by atoms with Gasteiger partial charge in [-0.15, -0.1) is 0 Å². The molecule has 0 bridgehead atoms. The number of rotatable bonds is 4. The third-order valence-electron chi connectivity index (χ3n) is 2.67. The van der Waals surface area contributed by atoms with Gasteiger partial charge in [0.1, 0.15) is 5.75 Å². The van der Waals surface area contributed by atoms with Crippen LogP contribution in [0, 0.1) is 17.2 Å². The molecule has 2 atom stereocenters. The van der Waals surface area contributed by atoms with Gasteiger partial charge in [-0.05, 0) is 19.9 Å². The van der Waals surface area contributed by atoms with Crippen LogP contribution in [0.1, 0.15) is 25.5 Å². The van der Waals surface area contributed by atoms with Crippen molar-refractivity contribution < 1.29 is 10.2 Å².